The first-order valence-corrected chi connectivity index (χ1v) is 8.97. The molecule has 0 bridgehead atoms. The van der Waals surface area contributed by atoms with Crippen LogP contribution in [0.5, 0.6) is 5.75 Å². The summed E-state index contributed by atoms with van der Waals surface area (Å²) >= 11 is 6.19. The van der Waals surface area contributed by atoms with E-state index >= 15 is 0 Å². The van der Waals surface area contributed by atoms with Crippen molar-refractivity contribution in [3.05, 3.63) is 22.7 Å². The number of hydrogen-bond acceptors (Lipinski definition) is 6. The highest BCUT2D eigenvalue weighted by Crippen LogP contribution is 2.32. The molecule has 2 amide bonds. The van der Waals surface area contributed by atoms with E-state index in [2.05, 4.69) is 10.1 Å². The van der Waals surface area contributed by atoms with E-state index in [1.165, 1.54) is 26.4 Å². The maximum atomic E-state index is 12.6. The molecule has 0 saturated carbocycles. The summed E-state index contributed by atoms with van der Waals surface area (Å²) < 4.78 is 14.9. The number of halogens is 1. The van der Waals surface area contributed by atoms with Gasteiger partial charge in [0.1, 0.15) is 11.3 Å². The Hall–Kier alpha value is -2.48. The van der Waals surface area contributed by atoms with Gasteiger partial charge in [-0.15, -0.1) is 0 Å². The number of ether oxygens (including phenoxy) is 3. The third-order valence-electron chi connectivity index (χ3n) is 4.26. The summed E-state index contributed by atoms with van der Waals surface area (Å²) in [6.07, 6.45) is 1.39. The van der Waals surface area contributed by atoms with E-state index in [4.69, 9.17) is 21.1 Å². The van der Waals surface area contributed by atoms with Crippen molar-refractivity contribution < 1.29 is 28.6 Å². The lowest BCUT2D eigenvalue weighted by Gasteiger charge is -2.31. The molecule has 27 heavy (non-hydrogen) atoms. The van der Waals surface area contributed by atoms with Gasteiger partial charge in [0.25, 0.3) is 0 Å². The lowest BCUT2D eigenvalue weighted by Crippen LogP contribution is -2.44. The van der Waals surface area contributed by atoms with Crippen molar-refractivity contribution in [2.75, 3.05) is 39.2 Å². The van der Waals surface area contributed by atoms with Crippen LogP contribution in [-0.2, 0) is 14.3 Å². The van der Waals surface area contributed by atoms with Gasteiger partial charge in [-0.2, -0.15) is 0 Å². The molecule has 0 unspecified atom stereocenters. The summed E-state index contributed by atoms with van der Waals surface area (Å²) in [7, 11) is 2.65. The summed E-state index contributed by atoms with van der Waals surface area (Å²) in [4.78, 5) is 37.8. The molecule has 1 N–H and O–H groups in total. The molecular weight excluding hydrogens is 376 g/mol. The van der Waals surface area contributed by atoms with Gasteiger partial charge in [0.15, 0.2) is 0 Å². The maximum absolute atomic E-state index is 12.6. The molecule has 1 heterocycles. The van der Waals surface area contributed by atoms with Crippen LogP contribution >= 0.6 is 11.6 Å². The molecule has 9 heteroatoms. The first-order valence-electron chi connectivity index (χ1n) is 8.59. The number of likely N-dealkylation sites (tertiary alicyclic amines) is 1. The van der Waals surface area contributed by atoms with Crippen molar-refractivity contribution in [1.82, 2.24) is 4.90 Å². The van der Waals surface area contributed by atoms with E-state index < -0.39 is 12.0 Å². The minimum atomic E-state index is -0.597. The van der Waals surface area contributed by atoms with Crippen molar-refractivity contribution in [2.45, 2.75) is 19.8 Å². The Bertz CT molecular complexity index is 724. The largest absolute Gasteiger partial charge is 0.496 e. The predicted octanol–water partition coefficient (Wildman–Crippen LogP) is 2.94. The normalized spacial score (nSPS) is 16.4. The standard InChI is InChI=1S/C18H23ClN2O6/c1-4-27-16(22)11-6-5-7-21(10-11)18(24)20-14-9-15(25-2)12(8-13(14)19)17(23)26-3/h8-9,11H,4-7,10H2,1-3H3,(H,20,24)/t11-/m0/s1. The number of benzene rings is 1. The highest BCUT2D eigenvalue weighted by molar-refractivity contribution is 6.34. The molecule has 1 aliphatic rings. The highest BCUT2D eigenvalue weighted by atomic mass is 35.5. The summed E-state index contributed by atoms with van der Waals surface area (Å²) in [5.41, 5.74) is 0.452. The zero-order chi connectivity index (χ0) is 20.0. The minimum absolute atomic E-state index is 0.156. The van der Waals surface area contributed by atoms with Crippen LogP contribution in [0, 0.1) is 5.92 Å². The zero-order valence-electron chi connectivity index (χ0n) is 15.5. The van der Waals surface area contributed by atoms with Crippen molar-refractivity contribution in [2.24, 2.45) is 5.92 Å². The molecule has 0 aliphatic carbocycles. The Morgan fingerprint density at radius 2 is 2.04 bits per heavy atom. The van der Waals surface area contributed by atoms with Crippen LogP contribution in [0.25, 0.3) is 0 Å². The smallest absolute Gasteiger partial charge is 0.341 e. The fraction of sp³-hybridized carbons (Fsp3) is 0.500. The molecule has 0 aromatic heterocycles. The first kappa shape index (κ1) is 20.8. The van der Waals surface area contributed by atoms with Crippen LogP contribution in [0.4, 0.5) is 10.5 Å². The van der Waals surface area contributed by atoms with Gasteiger partial charge < -0.3 is 24.4 Å². The van der Waals surface area contributed by atoms with E-state index in [0.717, 1.165) is 0 Å². The lowest BCUT2D eigenvalue weighted by atomic mass is 9.98. The fourth-order valence-electron chi connectivity index (χ4n) is 2.90. The molecule has 2 rings (SSSR count). The third kappa shape index (κ3) is 5.03. The molecule has 1 aromatic rings. The number of rotatable bonds is 5. The summed E-state index contributed by atoms with van der Waals surface area (Å²) in [5, 5.41) is 2.87. The average molecular weight is 399 g/mol. The van der Waals surface area contributed by atoms with Crippen LogP contribution in [-0.4, -0.2) is 56.8 Å². The highest BCUT2D eigenvalue weighted by Gasteiger charge is 2.29. The van der Waals surface area contributed by atoms with Gasteiger partial charge in [-0.25, -0.2) is 9.59 Å². The Kier molecular flexibility index (Phi) is 7.29. The maximum Gasteiger partial charge on any atom is 0.341 e. The quantitative estimate of drug-likeness (QED) is 0.766. The van der Waals surface area contributed by atoms with Gasteiger partial charge in [-0.1, -0.05) is 11.6 Å². The first-order chi connectivity index (χ1) is 12.9. The van der Waals surface area contributed by atoms with Crippen molar-refractivity contribution in [3.63, 3.8) is 0 Å². The predicted molar refractivity (Wildman–Crippen MR) is 99.3 cm³/mol. The summed E-state index contributed by atoms with van der Waals surface area (Å²) in [5.74, 6) is -1.00. The Morgan fingerprint density at radius 3 is 2.67 bits per heavy atom. The van der Waals surface area contributed by atoms with E-state index in [1.54, 1.807) is 11.8 Å². The molecule has 1 aromatic carbocycles. The molecule has 1 aliphatic heterocycles. The second kappa shape index (κ2) is 9.45. The number of nitrogens with one attached hydrogen (secondary N) is 1. The number of carbonyl (C=O) groups is 3. The number of hydrogen-bond donors (Lipinski definition) is 1. The van der Waals surface area contributed by atoms with Crippen molar-refractivity contribution in [1.29, 1.82) is 0 Å². The average Bonchev–Trinajstić information content (AvgIpc) is 2.68. The van der Waals surface area contributed by atoms with Gasteiger partial charge in [-0.05, 0) is 25.8 Å². The topological polar surface area (TPSA) is 94.2 Å². The number of urea groups is 1. The molecule has 0 radical (unpaired) electrons. The lowest BCUT2D eigenvalue weighted by molar-refractivity contribution is -0.149. The molecular formula is C18H23ClN2O6. The number of esters is 2. The van der Waals surface area contributed by atoms with Crippen LogP contribution < -0.4 is 10.1 Å². The number of piperidine rings is 1. The third-order valence-corrected chi connectivity index (χ3v) is 4.58. The van der Waals surface area contributed by atoms with Crippen molar-refractivity contribution in [3.8, 4) is 5.75 Å². The molecule has 0 spiro atoms. The Balaban J connectivity index is 2.13. The summed E-state index contributed by atoms with van der Waals surface area (Å²) in [6, 6.07) is 2.44. The number of methoxy groups -OCH3 is 2. The second-order valence-corrected chi connectivity index (χ2v) is 6.40. The molecule has 8 nitrogen and oxygen atoms in total. The Morgan fingerprint density at radius 1 is 1.30 bits per heavy atom. The number of amides is 2. The molecule has 1 atom stereocenters. The van der Waals surface area contributed by atoms with Crippen molar-refractivity contribution >= 4 is 35.3 Å². The zero-order valence-corrected chi connectivity index (χ0v) is 16.3. The fourth-order valence-corrected chi connectivity index (χ4v) is 3.11. The number of nitrogens with zero attached hydrogens (tertiary/aromatic N) is 1. The van der Waals surface area contributed by atoms with Gasteiger partial charge >= 0.3 is 18.0 Å². The van der Waals surface area contributed by atoms with E-state index in [0.29, 0.717) is 31.7 Å². The van der Waals surface area contributed by atoms with Gasteiger partial charge in [0.2, 0.25) is 0 Å². The SMILES string of the molecule is CCOC(=O)[C@H]1CCCN(C(=O)Nc2cc(OC)c(C(=O)OC)cc2Cl)C1. The van der Waals surface area contributed by atoms with E-state index in [-0.39, 0.29) is 34.8 Å². The van der Waals surface area contributed by atoms with Crippen LogP contribution in [0.15, 0.2) is 12.1 Å². The Labute approximate surface area is 162 Å². The summed E-state index contributed by atoms with van der Waals surface area (Å²) in [6.45, 7) is 2.86. The monoisotopic (exact) mass is 398 g/mol. The van der Waals surface area contributed by atoms with Crippen LogP contribution in [0.1, 0.15) is 30.1 Å². The molecule has 1 fully saturated rings. The van der Waals surface area contributed by atoms with Gasteiger partial charge in [0, 0.05) is 19.2 Å². The second-order valence-electron chi connectivity index (χ2n) is 5.99. The number of anilines is 1. The van der Waals surface area contributed by atoms with Gasteiger partial charge in [0.05, 0.1) is 37.5 Å². The molecule has 1 saturated heterocycles. The van der Waals surface area contributed by atoms with Crippen LogP contribution in [0.3, 0.4) is 0 Å². The molecule has 148 valence electrons. The van der Waals surface area contributed by atoms with E-state index in [1.807, 2.05) is 0 Å². The minimum Gasteiger partial charge on any atom is -0.496 e. The van der Waals surface area contributed by atoms with Crippen LogP contribution in [0.2, 0.25) is 5.02 Å². The van der Waals surface area contributed by atoms with Gasteiger partial charge in [-0.3, -0.25) is 4.79 Å². The number of carbonyl (C=O) groups excluding carboxylic acids is 3. The van der Waals surface area contributed by atoms with E-state index in [9.17, 15) is 14.4 Å².